The number of aliphatic carboxylic acids is 1. The third-order valence-electron chi connectivity index (χ3n) is 13.6. The van der Waals surface area contributed by atoms with Crippen molar-refractivity contribution < 1.29 is 14.6 Å². The highest BCUT2D eigenvalue weighted by Gasteiger charge is 2.71. The fourth-order valence-electron chi connectivity index (χ4n) is 11.8. The van der Waals surface area contributed by atoms with E-state index in [1.807, 2.05) is 34.8 Å². The van der Waals surface area contributed by atoms with Crippen molar-refractivity contribution >= 4 is 5.97 Å². The lowest BCUT2D eigenvalue weighted by atomic mass is 9.32. The van der Waals surface area contributed by atoms with Gasteiger partial charge >= 0.3 is 5.97 Å². The Morgan fingerprint density at radius 1 is 0.784 bits per heavy atom. The van der Waals surface area contributed by atoms with Gasteiger partial charge in [0.15, 0.2) is 0 Å². The summed E-state index contributed by atoms with van der Waals surface area (Å²) in [6, 6.07) is 0. The minimum Gasteiger partial charge on any atom is -0.481 e. The lowest BCUT2D eigenvalue weighted by Gasteiger charge is -2.72. The summed E-state index contributed by atoms with van der Waals surface area (Å²) < 4.78 is 5.87. The molecular weight excluding hydrogens is 456 g/mol. The minimum atomic E-state index is -0.516. The number of hydrogen-bond acceptors (Lipinski definition) is 2. The van der Waals surface area contributed by atoms with Crippen molar-refractivity contribution in [1.82, 2.24) is 0 Å². The topological polar surface area (TPSA) is 46.5 Å². The van der Waals surface area contributed by atoms with Crippen LogP contribution in [-0.4, -0.2) is 24.3 Å². The standard InChI is InChI=1S/C30H50O3.2C2H6/c1-19(33-7)20-11-16-30(25(31)32)18-17-28(5)21(24(20)30)9-10-23-27(4)14-8-13-26(2,3)22(27)12-15-29(23,28)6;2*1-2/h19-24H,8-18H2,1-7H3,(H,31,32);2*1-2H3/t19?,20?,21?,22?,23?,24?,27?,28-,29?,30?;;/m1../s1. The summed E-state index contributed by atoms with van der Waals surface area (Å²) in [5.74, 6) is 2.28. The first-order chi connectivity index (χ1) is 17.4. The van der Waals surface area contributed by atoms with E-state index in [0.29, 0.717) is 28.1 Å². The first kappa shape index (κ1) is 31.0. The van der Waals surface area contributed by atoms with Crippen molar-refractivity contribution in [3.05, 3.63) is 0 Å². The zero-order valence-corrected chi connectivity index (χ0v) is 26.5. The third kappa shape index (κ3) is 4.26. The van der Waals surface area contributed by atoms with Gasteiger partial charge in [-0.2, -0.15) is 0 Å². The molecule has 1 N–H and O–H groups in total. The number of ether oxygens (including phenoxy) is 1. The van der Waals surface area contributed by atoms with Crippen LogP contribution in [0, 0.1) is 56.7 Å². The Balaban J connectivity index is 0.000000907. The van der Waals surface area contributed by atoms with Crippen molar-refractivity contribution in [2.45, 2.75) is 146 Å². The van der Waals surface area contributed by atoms with Crippen LogP contribution in [0.25, 0.3) is 0 Å². The van der Waals surface area contributed by atoms with Crippen molar-refractivity contribution in [2.75, 3.05) is 7.11 Å². The molecule has 5 aliphatic carbocycles. The molecule has 0 radical (unpaired) electrons. The van der Waals surface area contributed by atoms with E-state index in [2.05, 4.69) is 41.5 Å². The summed E-state index contributed by atoms with van der Waals surface area (Å²) in [6.45, 7) is 23.2. The van der Waals surface area contributed by atoms with Gasteiger partial charge < -0.3 is 9.84 Å². The first-order valence-electron chi connectivity index (χ1n) is 16.1. The Bertz CT molecular complexity index is 805. The number of carbonyl (C=O) groups is 1. The monoisotopic (exact) mass is 518 g/mol. The molecule has 0 aliphatic heterocycles. The van der Waals surface area contributed by atoms with Gasteiger partial charge in [0.2, 0.25) is 0 Å². The summed E-state index contributed by atoms with van der Waals surface area (Å²) in [7, 11) is 1.82. The van der Waals surface area contributed by atoms with Crippen LogP contribution in [0.5, 0.6) is 0 Å². The van der Waals surface area contributed by atoms with Gasteiger partial charge in [-0.05, 0) is 122 Å². The SMILES string of the molecule is CC.CC.COC(C)C1CCC2(C(=O)O)CC[C@]3(C)C(CCC4C5(C)CCCC(C)(C)C5CCC43C)C12. The molecule has 0 bridgehead atoms. The van der Waals surface area contributed by atoms with Gasteiger partial charge in [0.1, 0.15) is 0 Å². The molecule has 0 amide bonds. The zero-order chi connectivity index (χ0) is 28.0. The molecule has 216 valence electrons. The largest absolute Gasteiger partial charge is 0.481 e. The maximum atomic E-state index is 12.8. The summed E-state index contributed by atoms with van der Waals surface area (Å²) in [5.41, 5.74) is 0.952. The van der Waals surface area contributed by atoms with Crippen LogP contribution in [0.15, 0.2) is 0 Å². The molecule has 0 aromatic carbocycles. The summed E-state index contributed by atoms with van der Waals surface area (Å²) >= 11 is 0. The maximum absolute atomic E-state index is 12.8. The van der Waals surface area contributed by atoms with E-state index in [4.69, 9.17) is 4.74 Å². The molecular formula is C34H62O3. The van der Waals surface area contributed by atoms with Crippen LogP contribution >= 0.6 is 0 Å². The van der Waals surface area contributed by atoms with Crippen LogP contribution in [0.2, 0.25) is 0 Å². The summed E-state index contributed by atoms with van der Waals surface area (Å²) in [5, 5.41) is 10.6. The third-order valence-corrected chi connectivity index (χ3v) is 13.6. The smallest absolute Gasteiger partial charge is 0.309 e. The second-order valence-corrected chi connectivity index (χ2v) is 14.6. The zero-order valence-electron chi connectivity index (χ0n) is 26.5. The molecule has 0 aromatic rings. The Morgan fingerprint density at radius 2 is 1.43 bits per heavy atom. The van der Waals surface area contributed by atoms with E-state index in [-0.39, 0.29) is 17.4 Å². The first-order valence-corrected chi connectivity index (χ1v) is 16.1. The van der Waals surface area contributed by atoms with Gasteiger partial charge in [0.25, 0.3) is 0 Å². The van der Waals surface area contributed by atoms with Gasteiger partial charge in [-0.25, -0.2) is 0 Å². The molecule has 5 saturated carbocycles. The molecule has 5 aliphatic rings. The van der Waals surface area contributed by atoms with Crippen molar-refractivity contribution in [1.29, 1.82) is 0 Å². The highest BCUT2D eigenvalue weighted by atomic mass is 16.5. The number of carboxylic acid groups (broad SMARTS) is 1. The fraction of sp³-hybridized carbons (Fsp3) is 0.971. The van der Waals surface area contributed by atoms with Gasteiger partial charge in [0.05, 0.1) is 11.5 Å². The summed E-state index contributed by atoms with van der Waals surface area (Å²) in [4.78, 5) is 12.8. The van der Waals surface area contributed by atoms with Gasteiger partial charge in [-0.3, -0.25) is 4.79 Å². The van der Waals surface area contributed by atoms with Crippen LogP contribution in [-0.2, 0) is 9.53 Å². The van der Waals surface area contributed by atoms with E-state index in [1.54, 1.807) is 0 Å². The number of methoxy groups -OCH3 is 1. The van der Waals surface area contributed by atoms with Gasteiger partial charge in [-0.15, -0.1) is 0 Å². The van der Waals surface area contributed by atoms with Crippen LogP contribution in [0.4, 0.5) is 0 Å². The van der Waals surface area contributed by atoms with Crippen LogP contribution in [0.1, 0.15) is 140 Å². The average molecular weight is 519 g/mol. The Labute approximate surface area is 230 Å². The molecule has 10 atom stereocenters. The molecule has 5 fully saturated rings. The molecule has 9 unspecified atom stereocenters. The minimum absolute atomic E-state index is 0.150. The molecule has 3 heteroatoms. The predicted molar refractivity (Wildman–Crippen MR) is 156 cm³/mol. The van der Waals surface area contributed by atoms with Crippen molar-refractivity contribution in [2.24, 2.45) is 56.7 Å². The van der Waals surface area contributed by atoms with E-state index >= 15 is 0 Å². The van der Waals surface area contributed by atoms with E-state index < -0.39 is 11.4 Å². The predicted octanol–water partition coefficient (Wildman–Crippen LogP) is 9.63. The molecule has 0 heterocycles. The second-order valence-electron chi connectivity index (χ2n) is 14.6. The van der Waals surface area contributed by atoms with Crippen molar-refractivity contribution in [3.8, 4) is 0 Å². The van der Waals surface area contributed by atoms with Gasteiger partial charge in [0, 0.05) is 7.11 Å². The normalized spacial score (nSPS) is 48.4. The number of hydrogen-bond donors (Lipinski definition) is 1. The molecule has 5 rings (SSSR count). The van der Waals surface area contributed by atoms with Crippen LogP contribution in [0.3, 0.4) is 0 Å². The molecule has 0 aromatic heterocycles. The molecule has 0 saturated heterocycles. The molecule has 0 spiro atoms. The highest BCUT2D eigenvalue weighted by molar-refractivity contribution is 5.76. The fourth-order valence-corrected chi connectivity index (χ4v) is 11.8. The maximum Gasteiger partial charge on any atom is 0.309 e. The van der Waals surface area contributed by atoms with E-state index in [9.17, 15) is 9.90 Å². The average Bonchev–Trinajstić information content (AvgIpc) is 3.27. The van der Waals surface area contributed by atoms with Crippen LogP contribution < -0.4 is 0 Å². The lowest BCUT2D eigenvalue weighted by molar-refractivity contribution is -0.240. The summed E-state index contributed by atoms with van der Waals surface area (Å²) in [6.07, 6.45) is 13.4. The van der Waals surface area contributed by atoms with E-state index in [1.165, 1.54) is 44.9 Å². The van der Waals surface area contributed by atoms with E-state index in [0.717, 1.165) is 37.5 Å². The number of fused-ring (bicyclic) bond motifs is 7. The second kappa shape index (κ2) is 10.8. The lowest BCUT2D eigenvalue weighted by Crippen LogP contribution is -2.66. The number of rotatable bonds is 3. The van der Waals surface area contributed by atoms with Gasteiger partial charge in [-0.1, -0.05) is 68.7 Å². The molecule has 37 heavy (non-hydrogen) atoms. The molecule has 3 nitrogen and oxygen atoms in total. The van der Waals surface area contributed by atoms with Crippen molar-refractivity contribution in [3.63, 3.8) is 0 Å². The quantitative estimate of drug-likeness (QED) is 0.404. The Morgan fingerprint density at radius 3 is 2.03 bits per heavy atom. The highest BCUT2D eigenvalue weighted by Crippen LogP contribution is 2.77. The Hall–Kier alpha value is -0.570. The Kier molecular flexibility index (Phi) is 9.02. The number of carboxylic acids is 1.